The summed E-state index contributed by atoms with van der Waals surface area (Å²) in [6.07, 6.45) is 0. The summed E-state index contributed by atoms with van der Waals surface area (Å²) in [7, 11) is 0. The molecule has 36 heavy (non-hydrogen) atoms. The fourth-order valence-corrected chi connectivity index (χ4v) is 6.08. The van der Waals surface area contributed by atoms with Crippen LogP contribution in [-0.4, -0.2) is 15.9 Å². The molecule has 0 saturated carbocycles. The van der Waals surface area contributed by atoms with Crippen molar-refractivity contribution in [1.82, 2.24) is 9.97 Å². The Labute approximate surface area is 217 Å². The van der Waals surface area contributed by atoms with Gasteiger partial charge in [-0.1, -0.05) is 72.0 Å². The quantitative estimate of drug-likeness (QED) is 0.238. The van der Waals surface area contributed by atoms with E-state index < -0.39 is 0 Å². The van der Waals surface area contributed by atoms with Crippen LogP contribution in [0.3, 0.4) is 0 Å². The summed E-state index contributed by atoms with van der Waals surface area (Å²) >= 11 is 3.18. The van der Waals surface area contributed by atoms with Gasteiger partial charge in [-0.25, -0.2) is 9.97 Å². The number of hydrogen-bond acceptors (Lipinski definition) is 5. The number of fused-ring (bicyclic) bond motifs is 2. The van der Waals surface area contributed by atoms with Crippen LogP contribution in [0.25, 0.3) is 31.7 Å². The number of thiazole rings is 1. The Bertz CT molecular complexity index is 1710. The van der Waals surface area contributed by atoms with Crippen LogP contribution < -0.4 is 4.90 Å². The van der Waals surface area contributed by atoms with Gasteiger partial charge in [-0.05, 0) is 60.2 Å². The van der Waals surface area contributed by atoms with Gasteiger partial charge < -0.3 is 0 Å². The van der Waals surface area contributed by atoms with Gasteiger partial charge in [0.05, 0.1) is 38.4 Å². The van der Waals surface area contributed by atoms with Crippen LogP contribution in [0.1, 0.15) is 27.0 Å². The molecule has 0 aliphatic heterocycles. The van der Waals surface area contributed by atoms with E-state index in [4.69, 9.17) is 9.97 Å². The average molecular weight is 506 g/mol. The zero-order chi connectivity index (χ0) is 24.6. The Morgan fingerprint density at radius 1 is 0.889 bits per heavy atom. The zero-order valence-corrected chi connectivity index (χ0v) is 21.6. The number of hydrogen-bond donors (Lipinski definition) is 0. The summed E-state index contributed by atoms with van der Waals surface area (Å²) in [4.78, 5) is 27.1. The number of benzene rings is 3. The number of thiophene rings is 1. The number of carbonyl (C=O) groups is 1. The van der Waals surface area contributed by atoms with Crippen LogP contribution in [0.4, 0.5) is 5.13 Å². The molecule has 6 rings (SSSR count). The highest BCUT2D eigenvalue weighted by atomic mass is 32.1. The number of amides is 1. The molecule has 0 aliphatic carbocycles. The molecule has 3 heterocycles. The van der Waals surface area contributed by atoms with Crippen molar-refractivity contribution in [3.8, 4) is 10.6 Å². The van der Waals surface area contributed by atoms with Gasteiger partial charge in [0.25, 0.3) is 5.91 Å². The molecule has 6 aromatic rings. The van der Waals surface area contributed by atoms with Crippen LogP contribution in [0.15, 0.2) is 90.3 Å². The molecule has 1 amide bonds. The zero-order valence-electron chi connectivity index (χ0n) is 19.9. The first-order chi connectivity index (χ1) is 17.6. The van der Waals surface area contributed by atoms with E-state index in [-0.39, 0.29) is 5.91 Å². The minimum absolute atomic E-state index is 0.0799. The minimum atomic E-state index is -0.0799. The van der Waals surface area contributed by atoms with Crippen LogP contribution in [-0.2, 0) is 6.54 Å². The van der Waals surface area contributed by atoms with Crippen molar-refractivity contribution in [2.45, 2.75) is 20.4 Å². The third-order valence-corrected chi connectivity index (χ3v) is 8.39. The third-order valence-electron chi connectivity index (χ3n) is 6.45. The molecule has 0 radical (unpaired) electrons. The van der Waals surface area contributed by atoms with Crippen LogP contribution in [0.2, 0.25) is 0 Å². The normalized spacial score (nSPS) is 11.3. The summed E-state index contributed by atoms with van der Waals surface area (Å²) in [6.45, 7) is 4.62. The number of rotatable bonds is 5. The lowest BCUT2D eigenvalue weighted by Gasteiger charge is -2.21. The van der Waals surface area contributed by atoms with E-state index in [9.17, 15) is 4.79 Å². The largest absolute Gasteiger partial charge is 0.279 e. The summed E-state index contributed by atoms with van der Waals surface area (Å²) < 4.78 is 1.08. The van der Waals surface area contributed by atoms with E-state index in [1.54, 1.807) is 22.7 Å². The summed E-state index contributed by atoms with van der Waals surface area (Å²) in [5, 5.41) is 3.57. The predicted molar refractivity (Wildman–Crippen MR) is 151 cm³/mol. The topological polar surface area (TPSA) is 46.1 Å². The van der Waals surface area contributed by atoms with Crippen molar-refractivity contribution >= 4 is 54.8 Å². The van der Waals surface area contributed by atoms with Crippen molar-refractivity contribution in [1.29, 1.82) is 0 Å². The number of aryl methyl sites for hydroxylation is 2. The lowest BCUT2D eigenvalue weighted by molar-refractivity contribution is 0.0986. The standard InChI is InChI=1S/C30H23N3OS2/c1-19-14-15-27-28(20(19)2)32-30(36-27)33(18-21-9-4-3-5-10-21)29(34)23-17-25(26-13-8-16-35-26)31-24-12-7-6-11-22(23)24/h3-17H,18H2,1-2H3. The van der Waals surface area contributed by atoms with Crippen LogP contribution in [0, 0.1) is 13.8 Å². The van der Waals surface area contributed by atoms with Crippen molar-refractivity contribution in [2.24, 2.45) is 0 Å². The maximum Gasteiger partial charge on any atom is 0.261 e. The molecule has 0 fully saturated rings. The number of nitrogens with zero attached hydrogens (tertiary/aromatic N) is 3. The molecule has 176 valence electrons. The number of pyridine rings is 1. The first-order valence-electron chi connectivity index (χ1n) is 11.7. The molecule has 0 saturated heterocycles. The number of carbonyl (C=O) groups excluding carboxylic acids is 1. The molecule has 0 N–H and O–H groups in total. The highest BCUT2D eigenvalue weighted by molar-refractivity contribution is 7.22. The van der Waals surface area contributed by atoms with Gasteiger partial charge in [0.15, 0.2) is 5.13 Å². The maximum atomic E-state index is 14.4. The van der Waals surface area contributed by atoms with Crippen LogP contribution in [0.5, 0.6) is 0 Å². The van der Waals surface area contributed by atoms with Gasteiger partial charge in [0.1, 0.15) is 0 Å². The molecule has 3 aromatic carbocycles. The second-order valence-corrected chi connectivity index (χ2v) is 10.7. The van der Waals surface area contributed by atoms with Gasteiger partial charge in [0, 0.05) is 5.39 Å². The number of anilines is 1. The lowest BCUT2D eigenvalue weighted by Crippen LogP contribution is -2.30. The summed E-state index contributed by atoms with van der Waals surface area (Å²) in [6, 6.07) is 28.1. The van der Waals surface area contributed by atoms with E-state index in [0.717, 1.165) is 42.8 Å². The van der Waals surface area contributed by atoms with Crippen molar-refractivity contribution < 1.29 is 4.79 Å². The van der Waals surface area contributed by atoms with Gasteiger partial charge in [-0.15, -0.1) is 11.3 Å². The highest BCUT2D eigenvalue weighted by Gasteiger charge is 2.25. The minimum Gasteiger partial charge on any atom is -0.279 e. The summed E-state index contributed by atoms with van der Waals surface area (Å²) in [5.41, 5.74) is 6.60. The highest BCUT2D eigenvalue weighted by Crippen LogP contribution is 2.35. The third kappa shape index (κ3) is 4.08. The Hall–Kier alpha value is -3.87. The first kappa shape index (κ1) is 22.6. The maximum absolute atomic E-state index is 14.4. The number of para-hydroxylation sites is 1. The molecule has 3 aromatic heterocycles. The Kier molecular flexibility index (Phi) is 5.83. The Balaban J connectivity index is 1.53. The fraction of sp³-hybridized carbons (Fsp3) is 0.100. The molecule has 0 atom stereocenters. The van der Waals surface area contributed by atoms with Crippen molar-refractivity contribution in [3.05, 3.63) is 113 Å². The SMILES string of the molecule is Cc1ccc2sc(N(Cc3ccccc3)C(=O)c3cc(-c4cccs4)nc4ccccc34)nc2c1C. The molecule has 0 aliphatic rings. The monoisotopic (exact) mass is 505 g/mol. The van der Waals surface area contributed by atoms with E-state index >= 15 is 0 Å². The predicted octanol–water partition coefficient (Wildman–Crippen LogP) is 8.04. The van der Waals surface area contributed by atoms with E-state index in [1.807, 2.05) is 83.1 Å². The van der Waals surface area contributed by atoms with Crippen LogP contribution >= 0.6 is 22.7 Å². The number of aromatic nitrogens is 2. The molecule has 0 spiro atoms. The lowest BCUT2D eigenvalue weighted by atomic mass is 10.1. The van der Waals surface area contributed by atoms with Gasteiger partial charge >= 0.3 is 0 Å². The molecule has 0 bridgehead atoms. The molecule has 0 unspecified atom stereocenters. The second kappa shape index (κ2) is 9.30. The van der Waals surface area contributed by atoms with Gasteiger partial charge in [-0.3, -0.25) is 9.69 Å². The van der Waals surface area contributed by atoms with Gasteiger partial charge in [0.2, 0.25) is 0 Å². The fourth-order valence-electron chi connectivity index (χ4n) is 4.37. The van der Waals surface area contributed by atoms with E-state index in [1.165, 1.54) is 5.56 Å². The summed E-state index contributed by atoms with van der Waals surface area (Å²) in [5.74, 6) is -0.0799. The Morgan fingerprint density at radius 2 is 1.69 bits per heavy atom. The molecule has 4 nitrogen and oxygen atoms in total. The molecule has 6 heteroatoms. The molecular formula is C30H23N3OS2. The van der Waals surface area contributed by atoms with Gasteiger partial charge in [-0.2, -0.15) is 0 Å². The second-order valence-electron chi connectivity index (χ2n) is 8.78. The smallest absolute Gasteiger partial charge is 0.261 e. The average Bonchev–Trinajstić information content (AvgIpc) is 3.60. The Morgan fingerprint density at radius 3 is 2.50 bits per heavy atom. The van der Waals surface area contributed by atoms with Crippen molar-refractivity contribution in [3.63, 3.8) is 0 Å². The first-order valence-corrected chi connectivity index (χ1v) is 13.4. The van der Waals surface area contributed by atoms with Crippen molar-refractivity contribution in [2.75, 3.05) is 4.90 Å². The van der Waals surface area contributed by atoms with E-state index in [2.05, 4.69) is 26.0 Å². The van der Waals surface area contributed by atoms with E-state index in [0.29, 0.717) is 17.2 Å². The molecular weight excluding hydrogens is 482 g/mol.